The van der Waals surface area contributed by atoms with Crippen molar-refractivity contribution in [3.63, 3.8) is 0 Å². The maximum atomic E-state index is 13.4. The highest BCUT2D eigenvalue weighted by atomic mass is 19.3. The summed E-state index contributed by atoms with van der Waals surface area (Å²) in [6.45, 7) is 5.21. The molecule has 2 N–H and O–H groups in total. The van der Waals surface area contributed by atoms with E-state index in [-0.39, 0.29) is 43.8 Å². The fourth-order valence-electron chi connectivity index (χ4n) is 4.26. The molecular weight excluding hydrogens is 382 g/mol. The summed E-state index contributed by atoms with van der Waals surface area (Å²) in [5.41, 5.74) is -0.362. The van der Waals surface area contributed by atoms with Crippen LogP contribution in [0.25, 0.3) is 0 Å². The predicted octanol–water partition coefficient (Wildman–Crippen LogP) is 1.40. The number of likely N-dealkylation sites (tertiary alicyclic amines) is 2. The topological polar surface area (TPSA) is 89.5 Å². The number of aromatic amines is 1. The first-order chi connectivity index (χ1) is 13.6. The van der Waals surface area contributed by atoms with E-state index in [1.807, 2.05) is 4.90 Å². The molecule has 0 unspecified atom stereocenters. The summed E-state index contributed by atoms with van der Waals surface area (Å²) in [5.74, 6) is -2.25. The van der Waals surface area contributed by atoms with E-state index in [1.165, 1.54) is 0 Å². The van der Waals surface area contributed by atoms with Crippen molar-refractivity contribution in [3.05, 3.63) is 27.4 Å². The lowest BCUT2D eigenvalue weighted by Crippen LogP contribution is -2.48. The Hall–Kier alpha value is -1.87. The van der Waals surface area contributed by atoms with E-state index in [2.05, 4.69) is 9.97 Å². The van der Waals surface area contributed by atoms with Gasteiger partial charge in [0, 0.05) is 56.8 Å². The minimum absolute atomic E-state index is 0.0198. The molecule has 1 atom stereocenters. The average Bonchev–Trinajstić information content (AvgIpc) is 2.82. The second-order valence-electron chi connectivity index (χ2n) is 8.48. The number of aryl methyl sites for hydroxylation is 2. The Bertz CT molecular complexity index is 803. The number of carbonyl (C=O) groups excluding carboxylic acids is 1. The Morgan fingerprint density at radius 3 is 2.48 bits per heavy atom. The molecule has 0 radical (unpaired) electrons. The molecule has 3 heterocycles. The molecule has 0 saturated carbocycles. The van der Waals surface area contributed by atoms with Gasteiger partial charge in [-0.05, 0) is 33.1 Å². The summed E-state index contributed by atoms with van der Waals surface area (Å²) in [6, 6.07) is 0. The van der Waals surface area contributed by atoms with Gasteiger partial charge in [-0.3, -0.25) is 9.59 Å². The number of hydrogen-bond acceptors (Lipinski definition) is 5. The number of alkyl halides is 2. The SMILES string of the molecule is Cc1nc(C)c(CC(=O)N2CCC[C@@](O)(CN3CCC(F)(F)CC3)CC2)c(=O)[nH]1. The Balaban J connectivity index is 1.58. The molecule has 0 aliphatic carbocycles. The molecule has 0 bridgehead atoms. The van der Waals surface area contributed by atoms with Gasteiger partial charge >= 0.3 is 0 Å². The van der Waals surface area contributed by atoms with Gasteiger partial charge in [-0.15, -0.1) is 0 Å². The van der Waals surface area contributed by atoms with Crippen molar-refractivity contribution < 1.29 is 18.7 Å². The van der Waals surface area contributed by atoms with E-state index in [4.69, 9.17) is 0 Å². The minimum Gasteiger partial charge on any atom is -0.388 e. The number of nitrogens with zero attached hydrogens (tertiary/aromatic N) is 3. The van der Waals surface area contributed by atoms with Crippen LogP contribution in [0.4, 0.5) is 8.78 Å². The molecule has 0 aromatic carbocycles. The monoisotopic (exact) mass is 412 g/mol. The van der Waals surface area contributed by atoms with Gasteiger partial charge in [-0.1, -0.05) is 0 Å². The zero-order chi connectivity index (χ0) is 21.2. The standard InChI is InChI=1S/C20H30F2N4O3/c1-14-16(18(28)24-15(2)23-14)12-17(27)26-8-3-4-19(29,5-11-26)13-25-9-6-20(21,22)7-10-25/h29H,3-13H2,1-2H3,(H,23,24,28)/t19-/m0/s1. The summed E-state index contributed by atoms with van der Waals surface area (Å²) in [5, 5.41) is 11.0. The Kier molecular flexibility index (Phi) is 6.38. The number of aliphatic hydroxyl groups is 1. The molecule has 9 heteroatoms. The van der Waals surface area contributed by atoms with E-state index in [0.717, 1.165) is 0 Å². The Labute approximate surface area is 169 Å². The molecule has 2 fully saturated rings. The van der Waals surface area contributed by atoms with E-state index >= 15 is 0 Å². The molecule has 0 spiro atoms. The van der Waals surface area contributed by atoms with Gasteiger partial charge in [0.05, 0.1) is 12.0 Å². The van der Waals surface area contributed by atoms with Gasteiger partial charge in [0.15, 0.2) is 0 Å². The fraction of sp³-hybridized carbons (Fsp3) is 0.750. The number of nitrogens with one attached hydrogen (secondary N) is 1. The highest BCUT2D eigenvalue weighted by molar-refractivity contribution is 5.79. The van der Waals surface area contributed by atoms with E-state index in [1.54, 1.807) is 18.7 Å². The summed E-state index contributed by atoms with van der Waals surface area (Å²) in [6.07, 6.45) is 1.18. The maximum Gasteiger partial charge on any atom is 0.254 e. The zero-order valence-electron chi connectivity index (χ0n) is 17.1. The number of carbonyl (C=O) groups is 1. The molecule has 29 heavy (non-hydrogen) atoms. The van der Waals surface area contributed by atoms with Crippen molar-refractivity contribution in [1.82, 2.24) is 19.8 Å². The molecule has 1 aromatic rings. The number of piperidine rings is 1. The lowest BCUT2D eigenvalue weighted by atomic mass is 9.93. The van der Waals surface area contributed by atoms with Crippen LogP contribution in [0.5, 0.6) is 0 Å². The van der Waals surface area contributed by atoms with Gasteiger partial charge < -0.3 is 19.9 Å². The number of halogens is 2. The zero-order valence-corrected chi connectivity index (χ0v) is 17.1. The second kappa shape index (κ2) is 8.47. The lowest BCUT2D eigenvalue weighted by molar-refractivity contribution is -0.130. The van der Waals surface area contributed by atoms with Crippen LogP contribution < -0.4 is 5.56 Å². The smallest absolute Gasteiger partial charge is 0.254 e. The van der Waals surface area contributed by atoms with Crippen LogP contribution in [0.2, 0.25) is 0 Å². The number of amides is 1. The number of H-pyrrole nitrogens is 1. The van der Waals surface area contributed by atoms with Gasteiger partial charge in [0.25, 0.3) is 11.5 Å². The van der Waals surface area contributed by atoms with Crippen molar-refractivity contribution in [1.29, 1.82) is 0 Å². The number of rotatable bonds is 4. The van der Waals surface area contributed by atoms with E-state index < -0.39 is 11.5 Å². The lowest BCUT2D eigenvalue weighted by Gasteiger charge is -2.37. The molecule has 162 valence electrons. The summed E-state index contributed by atoms with van der Waals surface area (Å²) in [4.78, 5) is 35.3. The van der Waals surface area contributed by atoms with Crippen molar-refractivity contribution in [3.8, 4) is 0 Å². The number of hydrogen-bond donors (Lipinski definition) is 2. The summed E-state index contributed by atoms with van der Waals surface area (Å²) in [7, 11) is 0. The predicted molar refractivity (Wildman–Crippen MR) is 104 cm³/mol. The second-order valence-corrected chi connectivity index (χ2v) is 8.48. The van der Waals surface area contributed by atoms with Gasteiger partial charge in [0.1, 0.15) is 5.82 Å². The average molecular weight is 412 g/mol. The molecule has 3 rings (SSSR count). The number of aromatic nitrogens is 2. The third-order valence-electron chi connectivity index (χ3n) is 6.04. The van der Waals surface area contributed by atoms with Gasteiger partial charge in [-0.25, -0.2) is 13.8 Å². The Morgan fingerprint density at radius 1 is 1.14 bits per heavy atom. The number of β-amino-alcohol motifs (C(OH)–C–C–N with tert-alkyl or cyclic N) is 1. The van der Waals surface area contributed by atoms with Crippen molar-refractivity contribution in [2.24, 2.45) is 0 Å². The van der Waals surface area contributed by atoms with Crippen LogP contribution in [0.1, 0.15) is 49.2 Å². The maximum absolute atomic E-state index is 13.4. The van der Waals surface area contributed by atoms with Crippen LogP contribution in [0, 0.1) is 13.8 Å². The largest absolute Gasteiger partial charge is 0.388 e. The highest BCUT2D eigenvalue weighted by Gasteiger charge is 2.38. The van der Waals surface area contributed by atoms with E-state index in [0.29, 0.717) is 56.0 Å². The Morgan fingerprint density at radius 2 is 1.83 bits per heavy atom. The van der Waals surface area contributed by atoms with Crippen LogP contribution in [0.3, 0.4) is 0 Å². The summed E-state index contributed by atoms with van der Waals surface area (Å²) < 4.78 is 26.7. The normalized spacial score (nSPS) is 25.6. The first kappa shape index (κ1) is 21.8. The molecule has 2 aliphatic rings. The highest BCUT2D eigenvalue weighted by Crippen LogP contribution is 2.30. The fourth-order valence-corrected chi connectivity index (χ4v) is 4.26. The molecule has 7 nitrogen and oxygen atoms in total. The third-order valence-corrected chi connectivity index (χ3v) is 6.04. The molecule has 1 aromatic heterocycles. The van der Waals surface area contributed by atoms with Crippen molar-refractivity contribution >= 4 is 5.91 Å². The van der Waals surface area contributed by atoms with Gasteiger partial charge in [-0.2, -0.15) is 0 Å². The minimum atomic E-state index is -2.60. The first-order valence-electron chi connectivity index (χ1n) is 10.2. The quantitative estimate of drug-likeness (QED) is 0.781. The van der Waals surface area contributed by atoms with Crippen molar-refractivity contribution in [2.45, 2.75) is 63.9 Å². The van der Waals surface area contributed by atoms with Gasteiger partial charge in [0.2, 0.25) is 5.91 Å². The van der Waals surface area contributed by atoms with Crippen molar-refractivity contribution in [2.75, 3.05) is 32.7 Å². The van der Waals surface area contributed by atoms with Crippen LogP contribution in [-0.4, -0.2) is 75.0 Å². The summed E-state index contributed by atoms with van der Waals surface area (Å²) >= 11 is 0. The molecular formula is C20H30F2N4O3. The third kappa shape index (κ3) is 5.60. The molecule has 1 amide bonds. The van der Waals surface area contributed by atoms with Crippen LogP contribution in [0.15, 0.2) is 4.79 Å². The first-order valence-corrected chi connectivity index (χ1v) is 10.2. The van der Waals surface area contributed by atoms with E-state index in [9.17, 15) is 23.5 Å². The van der Waals surface area contributed by atoms with Crippen LogP contribution in [-0.2, 0) is 11.2 Å². The molecule has 2 saturated heterocycles. The molecule has 2 aliphatic heterocycles. The van der Waals surface area contributed by atoms with Crippen LogP contribution >= 0.6 is 0 Å².